The molecular weight excluding hydrogens is 1420 g/mol. The second-order valence-electron chi connectivity index (χ2n) is 33.1. The zero-order valence-corrected chi connectivity index (χ0v) is 66.7. The summed E-state index contributed by atoms with van der Waals surface area (Å²) in [6.45, 7) is 19.5. The third-order valence-corrected chi connectivity index (χ3v) is 30.7. The average molecular weight is 1530 g/mol. The van der Waals surface area contributed by atoms with E-state index < -0.39 is 53.6 Å². The van der Waals surface area contributed by atoms with Crippen molar-refractivity contribution in [3.63, 3.8) is 0 Å². The SMILES string of the molecule is CO[C@@]1(CC(=O)N2CCN(C)C[C@@H]2C)/C=C/C[C@H](C)[C@@H](C)S(=O)(=O)NC(=O)c2ccc3c(c2)N(C[C@@H]2CC[C@H]21)C[C@@]1(CCCc2cc(Cl)ccc21)CO3.CO[C@@]1(CC(=O)N2CCN(C)C[C@H]2C)/C=C/C[C@H](C)[C@@H](C)S(=O)(=O)NC(=O)c2ccc3c(c2)N(C[C@@H]2CC[C@H]21)C[C@@]1(CCCc2cc(Cl)ccc21)CO3. The predicted octanol–water partition coefficient (Wildman–Crippen LogP) is 11.6. The third kappa shape index (κ3) is 15.7. The summed E-state index contributed by atoms with van der Waals surface area (Å²) in [7, 11) is -0.411. The second kappa shape index (κ2) is 31.3. The first kappa shape index (κ1) is 77.9. The number of aryl methyl sites for hydroxylation is 2. The van der Waals surface area contributed by atoms with Crippen molar-refractivity contribution in [3.05, 3.63) is 141 Å². The van der Waals surface area contributed by atoms with Crippen LogP contribution >= 0.6 is 23.2 Å². The lowest BCUT2D eigenvalue weighted by Gasteiger charge is -2.51. The van der Waals surface area contributed by atoms with Crippen molar-refractivity contribution >= 4 is 78.3 Å². The van der Waals surface area contributed by atoms with Gasteiger partial charge in [0, 0.05) is 124 Å². The normalized spacial score (nSPS) is 33.8. The lowest BCUT2D eigenvalue weighted by molar-refractivity contribution is -0.147. The van der Waals surface area contributed by atoms with Crippen molar-refractivity contribution in [2.45, 2.75) is 176 Å². The van der Waals surface area contributed by atoms with Crippen molar-refractivity contribution in [1.82, 2.24) is 29.0 Å². The number of likely N-dealkylation sites (N-methyl/N-ethyl adjacent to an activating group) is 2. The fourth-order valence-corrected chi connectivity index (χ4v) is 22.3. The van der Waals surface area contributed by atoms with E-state index in [4.69, 9.17) is 42.1 Å². The van der Waals surface area contributed by atoms with Gasteiger partial charge in [-0.05, 0) is 237 Å². The lowest BCUT2D eigenvalue weighted by atomic mass is 9.62. The quantitative estimate of drug-likeness (QED) is 0.172. The highest BCUT2D eigenvalue weighted by Crippen LogP contribution is 2.53. The van der Waals surface area contributed by atoms with Crippen LogP contribution in [-0.2, 0) is 62.8 Å². The molecular formula is C82H110Cl2N8O12S2. The van der Waals surface area contributed by atoms with E-state index in [0.29, 0.717) is 76.8 Å². The molecule has 0 aromatic heterocycles. The first-order chi connectivity index (χ1) is 50.5. The zero-order chi connectivity index (χ0) is 75.4. The molecule has 6 aliphatic heterocycles. The van der Waals surface area contributed by atoms with Gasteiger partial charge in [-0.3, -0.25) is 19.2 Å². The number of ether oxygens (including phenoxy) is 4. The van der Waals surface area contributed by atoms with Crippen molar-refractivity contribution in [2.75, 3.05) is 117 Å². The van der Waals surface area contributed by atoms with E-state index in [2.05, 4.69) is 93.4 Å². The summed E-state index contributed by atoms with van der Waals surface area (Å²) in [4.78, 5) is 69.0. The number of piperazine rings is 2. The first-order valence-corrected chi connectivity index (χ1v) is 42.5. The van der Waals surface area contributed by atoms with Crippen LogP contribution in [0.3, 0.4) is 0 Å². The lowest BCUT2D eigenvalue weighted by Crippen LogP contribution is -2.57. The van der Waals surface area contributed by atoms with E-state index in [-0.39, 0.29) is 94.2 Å². The fourth-order valence-electron chi connectivity index (χ4n) is 19.4. The third-order valence-electron chi connectivity index (χ3n) is 26.4. The van der Waals surface area contributed by atoms with Gasteiger partial charge in [0.15, 0.2) is 0 Å². The number of carbonyl (C=O) groups excluding carboxylic acids is 4. The highest BCUT2D eigenvalue weighted by molar-refractivity contribution is 7.91. The van der Waals surface area contributed by atoms with Gasteiger partial charge in [-0.1, -0.05) is 73.5 Å². The van der Waals surface area contributed by atoms with Crippen LogP contribution in [0.2, 0.25) is 10.0 Å². The molecule has 2 spiro atoms. The Labute approximate surface area is 638 Å². The van der Waals surface area contributed by atoms with Gasteiger partial charge in [0.25, 0.3) is 11.8 Å². The number of hydrogen-bond donors (Lipinski definition) is 2. The standard InChI is InChI=1S/2C41H55ClN4O6S/c2*1-27-8-6-17-41(51-5,22-38(47)46-19-18-44(4)23-28(46)2)35-13-10-32(35)24-45-25-40(16-7-9-30-20-33(42)12-14-34(30)40)26-52-37-15-11-31(21-36(37)45)39(48)43-53(49,50)29(27)3/h2*6,11-12,14-15,17,20-21,27-29,32,35H,7-10,13,16,18-19,22-26H2,1-5H3,(H,43,48)/b2*17-6+/t27-,28+,29+,32-,35+,40-,41+;27-,28-,29+,32-,35+,40-,41+/m00/s1. The number of hydrogen-bond acceptors (Lipinski definition) is 16. The van der Waals surface area contributed by atoms with Gasteiger partial charge in [0.1, 0.15) is 11.5 Å². The number of allylic oxidation sites excluding steroid dienone is 2. The molecule has 576 valence electrons. The Morgan fingerprint density at radius 3 is 1.32 bits per heavy atom. The molecule has 0 radical (unpaired) electrons. The Morgan fingerprint density at radius 2 is 0.953 bits per heavy atom. The van der Waals surface area contributed by atoms with Crippen LogP contribution < -0.4 is 28.7 Å². The van der Waals surface area contributed by atoms with Gasteiger partial charge < -0.3 is 48.3 Å². The first-order valence-electron chi connectivity index (χ1n) is 38.6. The molecule has 4 aromatic rings. The van der Waals surface area contributed by atoms with E-state index in [1.165, 1.54) is 22.3 Å². The summed E-state index contributed by atoms with van der Waals surface area (Å²) >= 11 is 13.0. The molecule has 2 N–H and O–H groups in total. The molecule has 20 nitrogen and oxygen atoms in total. The topological polar surface area (TPSA) is 217 Å². The Bertz CT molecular complexity index is 4010. The maximum atomic E-state index is 14.2. The maximum absolute atomic E-state index is 14.2. The molecule has 24 heteroatoms. The molecule has 2 saturated heterocycles. The zero-order valence-electron chi connectivity index (χ0n) is 63.6. The Hall–Kier alpha value is -6.24. The van der Waals surface area contributed by atoms with Crippen molar-refractivity contribution in [1.29, 1.82) is 0 Å². The molecule has 0 unspecified atom stereocenters. The van der Waals surface area contributed by atoms with E-state index in [1.807, 2.05) is 47.9 Å². The number of benzene rings is 4. The Kier molecular flexibility index (Phi) is 23.0. The number of amides is 4. The largest absolute Gasteiger partial charge is 0.490 e. The second-order valence-corrected chi connectivity index (χ2v) is 38.1. The van der Waals surface area contributed by atoms with Crippen molar-refractivity contribution in [3.8, 4) is 11.5 Å². The van der Waals surface area contributed by atoms with Gasteiger partial charge in [0.2, 0.25) is 31.9 Å². The number of sulfonamides is 2. The van der Waals surface area contributed by atoms with Crippen molar-refractivity contribution < 1.29 is 55.0 Å². The number of anilines is 2. The van der Waals surface area contributed by atoms with E-state index in [9.17, 15) is 36.0 Å². The van der Waals surface area contributed by atoms with Gasteiger partial charge in [0.05, 0.1) is 59.1 Å². The number of nitrogens with zero attached hydrogens (tertiary/aromatic N) is 6. The molecule has 106 heavy (non-hydrogen) atoms. The minimum absolute atomic E-state index is 0.0485. The summed E-state index contributed by atoms with van der Waals surface area (Å²) in [5, 5.41) is -0.240. The minimum atomic E-state index is -4.01. The Balaban J connectivity index is 0.000000188. The maximum Gasteiger partial charge on any atom is 0.264 e. The van der Waals surface area contributed by atoms with E-state index >= 15 is 0 Å². The Morgan fingerprint density at radius 1 is 0.547 bits per heavy atom. The van der Waals surface area contributed by atoms with Crippen LogP contribution in [-0.4, -0.2) is 201 Å². The van der Waals surface area contributed by atoms with Crippen LogP contribution in [0, 0.1) is 35.5 Å². The number of rotatable bonds is 6. The molecule has 14 rings (SSSR count). The van der Waals surface area contributed by atoms with Crippen LogP contribution in [0.25, 0.3) is 0 Å². The molecule has 4 amide bonds. The van der Waals surface area contributed by atoms with Crippen LogP contribution in [0.1, 0.15) is 162 Å². The van der Waals surface area contributed by atoms with Gasteiger partial charge in [-0.25, -0.2) is 26.3 Å². The smallest absolute Gasteiger partial charge is 0.264 e. The summed E-state index contributed by atoms with van der Waals surface area (Å²) in [6.07, 6.45) is 19.0. The fraction of sp³-hybridized carbons (Fsp3) is 0.610. The monoisotopic (exact) mass is 1530 g/mol. The van der Waals surface area contributed by atoms with Gasteiger partial charge in [-0.2, -0.15) is 0 Å². The minimum Gasteiger partial charge on any atom is -0.490 e. The number of carbonyl (C=O) groups is 4. The number of nitrogens with one attached hydrogen (secondary N) is 2. The molecule has 2 saturated carbocycles. The van der Waals surface area contributed by atoms with Gasteiger partial charge in [-0.15, -0.1) is 0 Å². The highest BCUT2D eigenvalue weighted by atomic mass is 35.5. The summed E-state index contributed by atoms with van der Waals surface area (Å²) in [5.74, 6) is 0.0695. The molecule has 6 heterocycles. The number of methoxy groups -OCH3 is 2. The predicted molar refractivity (Wildman–Crippen MR) is 416 cm³/mol. The van der Waals surface area contributed by atoms with Crippen molar-refractivity contribution in [2.24, 2.45) is 35.5 Å². The molecule has 14 atom stereocenters. The average Bonchev–Trinajstić information content (AvgIpc) is 1.43. The van der Waals surface area contributed by atoms with E-state index in [0.717, 1.165) is 112 Å². The molecule has 10 aliphatic rings. The van der Waals surface area contributed by atoms with Gasteiger partial charge >= 0.3 is 0 Å². The number of fused-ring (bicyclic) bond motifs is 8. The summed E-state index contributed by atoms with van der Waals surface area (Å²) < 4.78 is 85.5. The molecule has 4 fully saturated rings. The highest BCUT2D eigenvalue weighted by Gasteiger charge is 2.54. The van der Waals surface area contributed by atoms with Crippen LogP contribution in [0.4, 0.5) is 11.4 Å². The molecule has 4 aromatic carbocycles. The van der Waals surface area contributed by atoms with Crippen LogP contribution in [0.5, 0.6) is 11.5 Å². The molecule has 4 bridgehead atoms. The number of halogens is 2. The van der Waals surface area contributed by atoms with E-state index in [1.54, 1.807) is 64.5 Å². The molecule has 4 aliphatic carbocycles. The van der Waals surface area contributed by atoms with Crippen LogP contribution in [0.15, 0.2) is 97.1 Å². The summed E-state index contributed by atoms with van der Waals surface area (Å²) in [6, 6.07) is 23.1. The summed E-state index contributed by atoms with van der Waals surface area (Å²) in [5.41, 5.74) is 4.67.